The lowest BCUT2D eigenvalue weighted by Gasteiger charge is -2.07. The van der Waals surface area contributed by atoms with E-state index in [9.17, 15) is 0 Å². The smallest absolute Gasteiger partial charge is 0.126 e. The van der Waals surface area contributed by atoms with Crippen LogP contribution in [0.15, 0.2) is 47.1 Å². The van der Waals surface area contributed by atoms with Crippen molar-refractivity contribution in [3.8, 4) is 0 Å². The van der Waals surface area contributed by atoms with Crippen LogP contribution in [0, 0.1) is 0 Å². The SMILES string of the molecule is Nc1ccc(NCc2ccccc2Br)nc1. The van der Waals surface area contributed by atoms with Crippen molar-refractivity contribution in [1.82, 2.24) is 4.98 Å². The number of nitrogen functional groups attached to an aromatic ring is 1. The van der Waals surface area contributed by atoms with Gasteiger partial charge in [0.05, 0.1) is 11.9 Å². The molecule has 1 aromatic heterocycles. The molecule has 0 atom stereocenters. The Morgan fingerprint density at radius 1 is 1.19 bits per heavy atom. The normalized spacial score (nSPS) is 10.1. The third kappa shape index (κ3) is 2.73. The Morgan fingerprint density at radius 3 is 2.69 bits per heavy atom. The maximum atomic E-state index is 5.56. The third-order valence-corrected chi connectivity index (χ3v) is 2.98. The van der Waals surface area contributed by atoms with Crippen LogP contribution in [-0.4, -0.2) is 4.98 Å². The van der Waals surface area contributed by atoms with E-state index in [4.69, 9.17) is 5.73 Å². The van der Waals surface area contributed by atoms with Crippen LogP contribution in [0.5, 0.6) is 0 Å². The highest BCUT2D eigenvalue weighted by atomic mass is 79.9. The minimum atomic E-state index is 0.673. The molecule has 0 amide bonds. The zero-order valence-electron chi connectivity index (χ0n) is 8.65. The van der Waals surface area contributed by atoms with Gasteiger partial charge < -0.3 is 11.1 Å². The van der Waals surface area contributed by atoms with E-state index in [2.05, 4.69) is 32.3 Å². The molecule has 4 heteroatoms. The van der Waals surface area contributed by atoms with Crippen molar-refractivity contribution in [1.29, 1.82) is 0 Å². The van der Waals surface area contributed by atoms with Crippen LogP contribution in [0.2, 0.25) is 0 Å². The summed E-state index contributed by atoms with van der Waals surface area (Å²) >= 11 is 3.50. The Balaban J connectivity index is 2.02. The molecule has 0 unspecified atom stereocenters. The lowest BCUT2D eigenvalue weighted by Crippen LogP contribution is -2.02. The summed E-state index contributed by atoms with van der Waals surface area (Å²) < 4.78 is 1.10. The Morgan fingerprint density at radius 2 is 2.00 bits per heavy atom. The van der Waals surface area contributed by atoms with E-state index in [1.165, 1.54) is 5.56 Å². The van der Waals surface area contributed by atoms with Crippen LogP contribution in [0.4, 0.5) is 11.5 Å². The molecular formula is C12H12BrN3. The molecule has 0 radical (unpaired) electrons. The van der Waals surface area contributed by atoms with Crippen LogP contribution in [-0.2, 0) is 6.54 Å². The largest absolute Gasteiger partial charge is 0.397 e. The lowest BCUT2D eigenvalue weighted by molar-refractivity contribution is 1.10. The van der Waals surface area contributed by atoms with Gasteiger partial charge in [-0.25, -0.2) is 4.98 Å². The summed E-state index contributed by atoms with van der Waals surface area (Å²) in [5.74, 6) is 0.824. The number of rotatable bonds is 3. The minimum Gasteiger partial charge on any atom is -0.397 e. The van der Waals surface area contributed by atoms with E-state index in [1.807, 2.05) is 30.3 Å². The summed E-state index contributed by atoms with van der Waals surface area (Å²) in [6.45, 7) is 0.734. The van der Waals surface area contributed by atoms with Crippen LogP contribution < -0.4 is 11.1 Å². The van der Waals surface area contributed by atoms with Crippen molar-refractivity contribution in [3.63, 3.8) is 0 Å². The quantitative estimate of drug-likeness (QED) is 0.907. The molecule has 0 bridgehead atoms. The predicted octanol–water partition coefficient (Wildman–Crippen LogP) is 3.04. The van der Waals surface area contributed by atoms with Crippen molar-refractivity contribution in [3.05, 3.63) is 52.6 Å². The average Bonchev–Trinajstić information content (AvgIpc) is 2.30. The number of halogens is 1. The molecule has 3 nitrogen and oxygen atoms in total. The van der Waals surface area contributed by atoms with Gasteiger partial charge >= 0.3 is 0 Å². The molecule has 0 spiro atoms. The Hall–Kier alpha value is -1.55. The van der Waals surface area contributed by atoms with Crippen molar-refractivity contribution in [2.24, 2.45) is 0 Å². The highest BCUT2D eigenvalue weighted by Gasteiger charge is 1.98. The van der Waals surface area contributed by atoms with Gasteiger partial charge in [-0.2, -0.15) is 0 Å². The number of aromatic nitrogens is 1. The Kier molecular flexibility index (Phi) is 3.41. The van der Waals surface area contributed by atoms with Crippen molar-refractivity contribution in [2.45, 2.75) is 6.54 Å². The molecule has 3 N–H and O–H groups in total. The molecule has 0 aliphatic heterocycles. The van der Waals surface area contributed by atoms with Crippen molar-refractivity contribution >= 4 is 27.4 Å². The molecule has 0 aliphatic carbocycles. The van der Waals surface area contributed by atoms with E-state index >= 15 is 0 Å². The molecule has 1 aromatic carbocycles. The predicted molar refractivity (Wildman–Crippen MR) is 70.1 cm³/mol. The van der Waals surface area contributed by atoms with Gasteiger partial charge in [0.2, 0.25) is 0 Å². The van der Waals surface area contributed by atoms with Gasteiger partial charge in [-0.15, -0.1) is 0 Å². The standard InChI is InChI=1S/C12H12BrN3/c13-11-4-2-1-3-9(11)7-15-12-6-5-10(14)8-16-12/h1-6,8H,7,14H2,(H,15,16). The van der Waals surface area contributed by atoms with Crippen molar-refractivity contribution in [2.75, 3.05) is 11.1 Å². The van der Waals surface area contributed by atoms with Crippen molar-refractivity contribution < 1.29 is 0 Å². The topological polar surface area (TPSA) is 50.9 Å². The first-order valence-electron chi connectivity index (χ1n) is 4.94. The summed E-state index contributed by atoms with van der Waals surface area (Å²) in [6, 6.07) is 11.8. The molecule has 16 heavy (non-hydrogen) atoms. The van der Waals surface area contributed by atoms with Crippen LogP contribution >= 0.6 is 15.9 Å². The average molecular weight is 278 g/mol. The van der Waals surface area contributed by atoms with E-state index < -0.39 is 0 Å². The highest BCUT2D eigenvalue weighted by Crippen LogP contribution is 2.17. The summed E-state index contributed by atoms with van der Waals surface area (Å²) in [5, 5.41) is 3.23. The lowest BCUT2D eigenvalue weighted by atomic mass is 10.2. The summed E-state index contributed by atoms with van der Waals surface area (Å²) in [6.07, 6.45) is 1.64. The van der Waals surface area contributed by atoms with Crippen LogP contribution in [0.1, 0.15) is 5.56 Å². The maximum Gasteiger partial charge on any atom is 0.126 e. The number of anilines is 2. The fraction of sp³-hybridized carbons (Fsp3) is 0.0833. The fourth-order valence-electron chi connectivity index (χ4n) is 1.34. The number of pyridine rings is 1. The minimum absolute atomic E-state index is 0.673. The molecule has 0 saturated carbocycles. The zero-order valence-corrected chi connectivity index (χ0v) is 10.2. The van der Waals surface area contributed by atoms with Gasteiger partial charge in [-0.05, 0) is 23.8 Å². The second-order valence-electron chi connectivity index (χ2n) is 3.42. The molecule has 0 aliphatic rings. The van der Waals surface area contributed by atoms with E-state index in [0.717, 1.165) is 16.8 Å². The number of nitrogens with two attached hydrogens (primary N) is 1. The number of nitrogens with zero attached hydrogens (tertiary/aromatic N) is 1. The molecule has 0 saturated heterocycles. The summed E-state index contributed by atoms with van der Waals surface area (Å²) in [7, 11) is 0. The summed E-state index contributed by atoms with van der Waals surface area (Å²) in [5.41, 5.74) is 7.43. The second-order valence-corrected chi connectivity index (χ2v) is 4.28. The molecule has 2 rings (SSSR count). The van der Waals surface area contributed by atoms with Gasteiger partial charge in [0, 0.05) is 11.0 Å². The first-order valence-corrected chi connectivity index (χ1v) is 5.74. The molecule has 82 valence electrons. The molecule has 1 heterocycles. The van der Waals surface area contributed by atoms with Gasteiger partial charge in [-0.1, -0.05) is 34.1 Å². The first kappa shape index (κ1) is 11.0. The van der Waals surface area contributed by atoms with E-state index in [-0.39, 0.29) is 0 Å². The summed E-state index contributed by atoms with van der Waals surface area (Å²) in [4.78, 5) is 4.17. The highest BCUT2D eigenvalue weighted by molar-refractivity contribution is 9.10. The number of nitrogens with one attached hydrogen (secondary N) is 1. The maximum absolute atomic E-state index is 5.56. The van der Waals surface area contributed by atoms with Gasteiger partial charge in [0.25, 0.3) is 0 Å². The Labute approximate surface area is 103 Å². The van der Waals surface area contributed by atoms with Gasteiger partial charge in [0.1, 0.15) is 5.82 Å². The van der Waals surface area contributed by atoms with Crippen LogP contribution in [0.25, 0.3) is 0 Å². The fourth-order valence-corrected chi connectivity index (χ4v) is 1.76. The Bertz CT molecular complexity index is 468. The zero-order chi connectivity index (χ0) is 11.4. The van der Waals surface area contributed by atoms with Crippen LogP contribution in [0.3, 0.4) is 0 Å². The molecular weight excluding hydrogens is 266 g/mol. The first-order chi connectivity index (χ1) is 7.75. The number of hydrogen-bond donors (Lipinski definition) is 2. The molecule has 0 fully saturated rings. The van der Waals surface area contributed by atoms with E-state index in [1.54, 1.807) is 6.20 Å². The van der Waals surface area contributed by atoms with Gasteiger partial charge in [-0.3, -0.25) is 0 Å². The molecule has 2 aromatic rings. The number of benzene rings is 1. The van der Waals surface area contributed by atoms with E-state index in [0.29, 0.717) is 5.69 Å². The van der Waals surface area contributed by atoms with Gasteiger partial charge in [0.15, 0.2) is 0 Å². The third-order valence-electron chi connectivity index (χ3n) is 2.20. The second kappa shape index (κ2) is 4.99. The monoisotopic (exact) mass is 277 g/mol. The number of hydrogen-bond acceptors (Lipinski definition) is 3.